The quantitative estimate of drug-likeness (QED) is 0.0975. The van der Waals surface area contributed by atoms with Crippen LogP contribution in [0.25, 0.3) is 0 Å². The summed E-state index contributed by atoms with van der Waals surface area (Å²) >= 11 is 0. The number of ether oxygens (including phenoxy) is 4. The Hall–Kier alpha value is -0.856. The number of aliphatic hydroxyl groups is 2. The zero-order valence-corrected chi connectivity index (χ0v) is 35.3. The molecule has 0 aromatic rings. The van der Waals surface area contributed by atoms with E-state index in [0.717, 1.165) is 45.2 Å². The number of cyclic esters (lactones) is 2. The van der Waals surface area contributed by atoms with Gasteiger partial charge < -0.3 is 45.3 Å². The molecule has 3 N–H and O–H groups in total. The van der Waals surface area contributed by atoms with Crippen molar-refractivity contribution in [2.75, 3.05) is 26.3 Å². The van der Waals surface area contributed by atoms with Gasteiger partial charge in [-0.05, 0) is 59.8 Å². The summed E-state index contributed by atoms with van der Waals surface area (Å²) in [6.45, 7) is 11.7. The summed E-state index contributed by atoms with van der Waals surface area (Å²) in [6.07, 6.45) is 2.35. The molecule has 3 aliphatic rings. The van der Waals surface area contributed by atoms with Gasteiger partial charge in [-0.25, -0.2) is 19.2 Å². The van der Waals surface area contributed by atoms with Crippen LogP contribution in [0.1, 0.15) is 102 Å². The topological polar surface area (TPSA) is 207 Å². The van der Waals surface area contributed by atoms with E-state index in [-0.39, 0.29) is 103 Å². The molecule has 8 unspecified atom stereocenters. The average molecular weight is 804 g/mol. The molecule has 0 aliphatic carbocycles. The third-order valence-corrected chi connectivity index (χ3v) is 7.42. The number of rotatable bonds is 12. The van der Waals surface area contributed by atoms with E-state index in [0.29, 0.717) is 19.3 Å². The van der Waals surface area contributed by atoms with Gasteiger partial charge in [0.15, 0.2) is 18.3 Å². The van der Waals surface area contributed by atoms with Gasteiger partial charge in [0.1, 0.15) is 6.10 Å². The second-order valence-corrected chi connectivity index (χ2v) is 12.0. The van der Waals surface area contributed by atoms with Gasteiger partial charge in [-0.15, -0.1) is 0 Å². The van der Waals surface area contributed by atoms with Crippen LogP contribution in [-0.4, -0.2) is 123 Å². The van der Waals surface area contributed by atoms with E-state index >= 15 is 0 Å². The van der Waals surface area contributed by atoms with Gasteiger partial charge in [0.2, 0.25) is 11.8 Å². The third kappa shape index (κ3) is 21.6. The number of likely N-dealkylation sites (tertiary alicyclic amines) is 2. The summed E-state index contributed by atoms with van der Waals surface area (Å²) < 4.78 is 19.0. The van der Waals surface area contributed by atoms with Crippen LogP contribution in [0.3, 0.4) is 0 Å². The minimum absolute atomic E-state index is 0. The zero-order chi connectivity index (χ0) is 36.1. The van der Waals surface area contributed by atoms with Gasteiger partial charge in [-0.2, -0.15) is 0 Å². The van der Waals surface area contributed by atoms with E-state index in [1.54, 1.807) is 0 Å². The van der Waals surface area contributed by atoms with Crippen molar-refractivity contribution in [3.05, 3.63) is 0 Å². The van der Waals surface area contributed by atoms with Crippen LogP contribution in [0.5, 0.6) is 0 Å². The van der Waals surface area contributed by atoms with Crippen molar-refractivity contribution in [3.8, 4) is 0 Å². The summed E-state index contributed by atoms with van der Waals surface area (Å²) in [6, 6.07) is 0.336. The first-order valence-electron chi connectivity index (χ1n) is 15.9. The minimum Gasteiger partial charge on any atom is -1.00 e. The van der Waals surface area contributed by atoms with Crippen molar-refractivity contribution < 1.29 is 112 Å². The maximum atomic E-state index is 11.7. The number of aliphatic hydroxyl groups excluding tert-OH is 2. The number of nitrogens with zero attached hydrogens (tertiary/aromatic N) is 2. The van der Waals surface area contributed by atoms with E-state index in [1.165, 1.54) is 27.7 Å². The summed E-state index contributed by atoms with van der Waals surface area (Å²) in [7, 11) is 2.16. The van der Waals surface area contributed by atoms with Gasteiger partial charge in [-0.1, -0.05) is 30.2 Å². The first-order valence-corrected chi connectivity index (χ1v) is 18.7. The predicted octanol–water partition coefficient (Wildman–Crippen LogP) is -0.621. The predicted molar refractivity (Wildman–Crippen MR) is 184 cm³/mol. The summed E-state index contributed by atoms with van der Waals surface area (Å²) in [4.78, 5) is 78.5. The zero-order valence-electron chi connectivity index (χ0n) is 30.8. The molecule has 50 heavy (non-hydrogen) atoms. The van der Waals surface area contributed by atoms with Gasteiger partial charge in [0, 0.05) is 78.1 Å². The van der Waals surface area contributed by atoms with Gasteiger partial charge >= 0.3 is 53.4 Å². The van der Waals surface area contributed by atoms with Crippen LogP contribution in [0.2, 0.25) is 0 Å². The molecule has 3 rings (SSSR count). The molecule has 0 aromatic heterocycles. The first kappa shape index (κ1) is 55.9. The van der Waals surface area contributed by atoms with Crippen molar-refractivity contribution in [1.82, 2.24) is 9.80 Å². The number of carbonyl (C=O) groups excluding carboxylic acids is 6. The van der Waals surface area contributed by atoms with E-state index in [4.69, 9.17) is 24.6 Å². The van der Waals surface area contributed by atoms with E-state index in [2.05, 4.69) is 25.3 Å². The number of esters is 4. The monoisotopic (exact) mass is 803 g/mol. The molecule has 8 atom stereocenters. The molecule has 1 radical (unpaired) electrons. The summed E-state index contributed by atoms with van der Waals surface area (Å²) in [5.74, 6) is -2.07. The van der Waals surface area contributed by atoms with E-state index < -0.39 is 48.3 Å². The molecular formula is C31H59N2NaO13P2V. The Balaban J connectivity index is -0.000000207. The molecule has 3 saturated heterocycles. The molecule has 2 amide bonds. The Bertz CT molecular complexity index is 1000. The molecule has 3 fully saturated rings. The summed E-state index contributed by atoms with van der Waals surface area (Å²) in [5, 5.41) is 17.8. The Morgan fingerprint density at radius 3 is 1.64 bits per heavy atom. The Labute approximate surface area is 336 Å². The van der Waals surface area contributed by atoms with Crippen LogP contribution >= 0.6 is 17.4 Å². The molecule has 0 saturated carbocycles. The Morgan fingerprint density at radius 1 is 0.920 bits per heavy atom. The van der Waals surface area contributed by atoms with Crippen LogP contribution < -0.4 is 29.6 Å². The van der Waals surface area contributed by atoms with Crippen molar-refractivity contribution in [2.24, 2.45) is 0 Å². The van der Waals surface area contributed by atoms with Crippen LogP contribution in [0.15, 0.2) is 0 Å². The average Bonchev–Trinajstić information content (AvgIpc) is 3.65. The molecule has 0 aromatic carbocycles. The SMILES string of the molecule is C.CC1OC(=O)C(C)OC1=O.CCC(CCO)N1CCCC1=O.CCC(CCOC(=O)C(C)OC(=O)C(C)O)N1CCCC1=O.OPP.[H-].[Na+].[V]. The number of hydrogen-bond acceptors (Lipinski definition) is 13. The molecular weight excluding hydrogens is 744 g/mol. The number of carbonyl (C=O) groups is 6. The van der Waals surface area contributed by atoms with Gasteiger partial charge in [0.25, 0.3) is 0 Å². The maximum absolute atomic E-state index is 11.7. The molecule has 0 spiro atoms. The van der Waals surface area contributed by atoms with Crippen molar-refractivity contribution >= 4 is 53.1 Å². The largest absolute Gasteiger partial charge is 1.00 e. The van der Waals surface area contributed by atoms with Crippen molar-refractivity contribution in [3.63, 3.8) is 0 Å². The first-order chi connectivity index (χ1) is 22.2. The molecule has 0 bridgehead atoms. The normalized spacial score (nSPS) is 20.3. The smallest absolute Gasteiger partial charge is 1.00 e. The van der Waals surface area contributed by atoms with Crippen molar-refractivity contribution in [2.45, 2.75) is 137 Å². The maximum Gasteiger partial charge on any atom is 1.00 e. The molecule has 3 heterocycles. The van der Waals surface area contributed by atoms with Crippen LogP contribution in [0.4, 0.5) is 0 Å². The Kier molecular flexibility index (Phi) is 35.4. The van der Waals surface area contributed by atoms with Gasteiger partial charge in [-0.3, -0.25) is 9.59 Å². The minimum atomic E-state index is -1.28. The fourth-order valence-electron chi connectivity index (χ4n) is 4.79. The second kappa shape index (κ2) is 31.7. The molecule has 3 aliphatic heterocycles. The van der Waals surface area contributed by atoms with Gasteiger partial charge in [0.05, 0.1) is 6.61 Å². The van der Waals surface area contributed by atoms with Crippen molar-refractivity contribution in [1.29, 1.82) is 0 Å². The standard InChI is InChI=1S/C15H25NO6.C9H17NO2.C6H8O4.CH4.Na.H4OP2.V.H/c1-4-12(16-8-5-6-13(16)18)7-9-21-15(20)11(3)22-14(19)10(2)17;1-2-8(5-7-11)10-6-3-4-9(10)12;1-3-5(7)10-4(2)6(8)9-3;;;1-3-2;;/h10-12,17H,4-9H2,1-3H3;8,11H,2-7H2,1H3;3-4H,1-2H3;1H4;;1,3H,2H2;;/q;;;;+1;;;-1. The Morgan fingerprint density at radius 2 is 1.32 bits per heavy atom. The fourth-order valence-corrected chi connectivity index (χ4v) is 4.79. The summed E-state index contributed by atoms with van der Waals surface area (Å²) in [5.41, 5.74) is 0. The number of amides is 2. The van der Waals surface area contributed by atoms with E-state index in [1.807, 2.05) is 16.7 Å². The fraction of sp³-hybridized carbons (Fsp3) is 0.806. The number of hydrogen-bond donors (Lipinski definition) is 3. The van der Waals surface area contributed by atoms with Crippen LogP contribution in [-0.2, 0) is 66.3 Å². The van der Waals surface area contributed by atoms with Crippen LogP contribution in [0, 0.1) is 0 Å². The third-order valence-electron chi connectivity index (χ3n) is 7.42. The second-order valence-electron chi connectivity index (χ2n) is 11.0. The molecule has 19 heteroatoms. The molecule has 15 nitrogen and oxygen atoms in total. The molecule has 287 valence electrons. The van der Waals surface area contributed by atoms with E-state index in [9.17, 15) is 28.8 Å².